The average Bonchev–Trinajstić information content (AvgIpc) is 2.94. The van der Waals surface area contributed by atoms with Gasteiger partial charge in [-0.15, -0.1) is 5.10 Å². The van der Waals surface area contributed by atoms with Crippen molar-refractivity contribution < 1.29 is 13.2 Å². The topological polar surface area (TPSA) is 30.7 Å². The highest BCUT2D eigenvalue weighted by atomic mass is 35.5. The molecule has 23 heavy (non-hydrogen) atoms. The summed E-state index contributed by atoms with van der Waals surface area (Å²) < 4.78 is 41.3. The summed E-state index contributed by atoms with van der Waals surface area (Å²) in [5.41, 5.74) is -0.00249. The zero-order chi connectivity index (χ0) is 16.4. The molecule has 0 atom stereocenters. The van der Waals surface area contributed by atoms with Gasteiger partial charge in [0.2, 0.25) is 0 Å². The van der Waals surface area contributed by atoms with Crippen molar-refractivity contribution in [3.63, 3.8) is 0 Å². The van der Waals surface area contributed by atoms with Gasteiger partial charge in [-0.25, -0.2) is 4.68 Å². The van der Waals surface area contributed by atoms with E-state index in [4.69, 9.17) is 11.6 Å². The lowest BCUT2D eigenvalue weighted by Crippen LogP contribution is -2.16. The van der Waals surface area contributed by atoms with Gasteiger partial charge in [-0.1, -0.05) is 59.3 Å². The van der Waals surface area contributed by atoms with Crippen LogP contribution in [-0.2, 0) is 12.7 Å². The normalized spacial score (nSPS) is 11.7. The largest absolute Gasteiger partial charge is 0.435 e. The van der Waals surface area contributed by atoms with Crippen LogP contribution in [0, 0.1) is 0 Å². The molecule has 0 fully saturated rings. The second-order valence-electron chi connectivity index (χ2n) is 4.93. The molecule has 0 aliphatic heterocycles. The molecule has 0 radical (unpaired) electrons. The summed E-state index contributed by atoms with van der Waals surface area (Å²) in [5, 5.41) is 7.95. The zero-order valence-electron chi connectivity index (χ0n) is 11.8. The summed E-state index contributed by atoms with van der Waals surface area (Å²) in [6, 6.07) is 14.8. The van der Waals surface area contributed by atoms with E-state index >= 15 is 0 Å². The highest BCUT2D eigenvalue weighted by molar-refractivity contribution is 6.30. The molecule has 3 nitrogen and oxygen atoms in total. The first kappa shape index (κ1) is 15.6. The van der Waals surface area contributed by atoms with Crippen LogP contribution in [-0.4, -0.2) is 15.0 Å². The highest BCUT2D eigenvalue weighted by Gasteiger charge is 2.39. The van der Waals surface area contributed by atoms with E-state index in [1.807, 2.05) is 0 Å². The van der Waals surface area contributed by atoms with Gasteiger partial charge in [0.15, 0.2) is 5.69 Å². The summed E-state index contributed by atoms with van der Waals surface area (Å²) in [7, 11) is 0. The minimum atomic E-state index is -4.55. The molecule has 0 spiro atoms. The zero-order valence-corrected chi connectivity index (χ0v) is 12.5. The van der Waals surface area contributed by atoms with Crippen LogP contribution in [0.4, 0.5) is 13.2 Å². The van der Waals surface area contributed by atoms with Crippen LogP contribution in [0.1, 0.15) is 11.3 Å². The number of rotatable bonds is 3. The van der Waals surface area contributed by atoms with Crippen molar-refractivity contribution in [3.8, 4) is 11.3 Å². The number of hydrogen-bond donors (Lipinski definition) is 0. The Kier molecular flexibility index (Phi) is 4.09. The van der Waals surface area contributed by atoms with Gasteiger partial charge in [0.25, 0.3) is 0 Å². The SMILES string of the molecule is FC(F)(F)c1c(-c2ccccc2)nnn1Cc1ccc(Cl)cc1. The van der Waals surface area contributed by atoms with E-state index in [2.05, 4.69) is 10.3 Å². The van der Waals surface area contributed by atoms with E-state index in [9.17, 15) is 13.2 Å². The molecule has 0 bridgehead atoms. The van der Waals surface area contributed by atoms with E-state index in [0.717, 1.165) is 4.68 Å². The van der Waals surface area contributed by atoms with Crippen molar-refractivity contribution in [2.75, 3.05) is 0 Å². The average molecular weight is 338 g/mol. The van der Waals surface area contributed by atoms with Crippen molar-refractivity contribution in [2.45, 2.75) is 12.7 Å². The first-order valence-electron chi connectivity index (χ1n) is 6.75. The monoisotopic (exact) mass is 337 g/mol. The van der Waals surface area contributed by atoms with E-state index in [1.165, 1.54) is 0 Å². The number of nitrogens with zero attached hydrogens (tertiary/aromatic N) is 3. The van der Waals surface area contributed by atoms with Crippen molar-refractivity contribution >= 4 is 11.6 Å². The molecule has 0 saturated heterocycles. The Labute approximate surface area is 135 Å². The molecule has 0 amide bonds. The first-order valence-corrected chi connectivity index (χ1v) is 7.13. The van der Waals surface area contributed by atoms with Crippen molar-refractivity contribution in [2.24, 2.45) is 0 Å². The summed E-state index contributed by atoms with van der Waals surface area (Å²) in [6.45, 7) is -0.0359. The second kappa shape index (κ2) is 6.04. The molecular weight excluding hydrogens is 327 g/mol. The highest BCUT2D eigenvalue weighted by Crippen LogP contribution is 2.36. The van der Waals surface area contributed by atoms with Gasteiger partial charge in [-0.3, -0.25) is 0 Å². The molecule has 118 valence electrons. The number of hydrogen-bond acceptors (Lipinski definition) is 2. The third-order valence-corrected chi connectivity index (χ3v) is 3.55. The van der Waals surface area contributed by atoms with E-state index < -0.39 is 11.9 Å². The maximum Gasteiger partial charge on any atom is 0.435 e. The van der Waals surface area contributed by atoms with Gasteiger partial charge in [0, 0.05) is 10.6 Å². The maximum absolute atomic E-state index is 13.5. The lowest BCUT2D eigenvalue weighted by atomic mass is 10.1. The van der Waals surface area contributed by atoms with E-state index in [1.54, 1.807) is 54.6 Å². The van der Waals surface area contributed by atoms with Gasteiger partial charge in [-0.05, 0) is 17.7 Å². The predicted octanol–water partition coefficient (Wildman–Crippen LogP) is 4.67. The maximum atomic E-state index is 13.5. The lowest BCUT2D eigenvalue weighted by molar-refractivity contribution is -0.143. The van der Waals surface area contributed by atoms with Crippen LogP contribution in [0.25, 0.3) is 11.3 Å². The van der Waals surface area contributed by atoms with E-state index in [-0.39, 0.29) is 12.2 Å². The summed E-state index contributed by atoms with van der Waals surface area (Å²) >= 11 is 5.79. The summed E-state index contributed by atoms with van der Waals surface area (Å²) in [4.78, 5) is 0. The quantitative estimate of drug-likeness (QED) is 0.695. The second-order valence-corrected chi connectivity index (χ2v) is 5.37. The fourth-order valence-electron chi connectivity index (χ4n) is 2.26. The molecule has 0 aliphatic rings. The number of aromatic nitrogens is 3. The van der Waals surface area contributed by atoms with Gasteiger partial charge >= 0.3 is 6.18 Å². The minimum absolute atomic E-state index is 0.0359. The molecule has 0 N–H and O–H groups in total. The first-order chi connectivity index (χ1) is 10.9. The molecule has 1 heterocycles. The standard InChI is InChI=1S/C16H11ClF3N3/c17-13-8-6-11(7-9-13)10-23-15(16(18,19)20)14(21-22-23)12-4-2-1-3-5-12/h1-9H,10H2. The number of halogens is 4. The third kappa shape index (κ3) is 3.37. The molecule has 0 aliphatic carbocycles. The van der Waals surface area contributed by atoms with Gasteiger partial charge in [0.1, 0.15) is 5.69 Å². The predicted molar refractivity (Wildman–Crippen MR) is 81.0 cm³/mol. The Morgan fingerprint density at radius 2 is 1.61 bits per heavy atom. The van der Waals surface area contributed by atoms with E-state index in [0.29, 0.717) is 16.1 Å². The third-order valence-electron chi connectivity index (χ3n) is 3.30. The van der Waals surface area contributed by atoms with Gasteiger partial charge in [0.05, 0.1) is 6.54 Å². The van der Waals surface area contributed by atoms with Crippen molar-refractivity contribution in [1.82, 2.24) is 15.0 Å². The van der Waals surface area contributed by atoms with Crippen molar-refractivity contribution in [3.05, 3.63) is 70.9 Å². The Morgan fingerprint density at radius 1 is 0.957 bits per heavy atom. The molecule has 3 rings (SSSR count). The molecule has 0 saturated carbocycles. The van der Waals surface area contributed by atoms with Gasteiger partial charge in [-0.2, -0.15) is 13.2 Å². The van der Waals surface area contributed by atoms with Crippen LogP contribution in [0.3, 0.4) is 0 Å². The fraction of sp³-hybridized carbons (Fsp3) is 0.125. The fourth-order valence-corrected chi connectivity index (χ4v) is 2.38. The summed E-state index contributed by atoms with van der Waals surface area (Å²) in [5.74, 6) is 0. The Morgan fingerprint density at radius 3 is 2.22 bits per heavy atom. The summed E-state index contributed by atoms with van der Waals surface area (Å²) in [6.07, 6.45) is -4.55. The lowest BCUT2D eigenvalue weighted by Gasteiger charge is -2.11. The Hall–Kier alpha value is -2.34. The van der Waals surface area contributed by atoms with Gasteiger partial charge < -0.3 is 0 Å². The van der Waals surface area contributed by atoms with Crippen LogP contribution < -0.4 is 0 Å². The van der Waals surface area contributed by atoms with Crippen molar-refractivity contribution in [1.29, 1.82) is 0 Å². The molecule has 0 unspecified atom stereocenters. The number of alkyl halides is 3. The molecular formula is C16H11ClF3N3. The Balaban J connectivity index is 2.04. The van der Waals surface area contributed by atoms with Crippen LogP contribution in [0.15, 0.2) is 54.6 Å². The smallest absolute Gasteiger partial charge is 0.235 e. The Bertz CT molecular complexity index is 796. The molecule has 2 aromatic carbocycles. The molecule has 3 aromatic rings. The molecule has 1 aromatic heterocycles. The number of benzene rings is 2. The van der Waals surface area contributed by atoms with Crippen LogP contribution in [0.2, 0.25) is 5.02 Å². The minimum Gasteiger partial charge on any atom is -0.235 e. The van der Waals surface area contributed by atoms with Crippen LogP contribution in [0.5, 0.6) is 0 Å². The van der Waals surface area contributed by atoms with Crippen LogP contribution >= 0.6 is 11.6 Å². The molecule has 7 heteroatoms.